The molecule has 0 aliphatic heterocycles. The lowest BCUT2D eigenvalue weighted by molar-refractivity contribution is 0.122. The first kappa shape index (κ1) is 29.5. The molecule has 3 fully saturated rings. The van der Waals surface area contributed by atoms with E-state index in [0.29, 0.717) is 41.1 Å². The van der Waals surface area contributed by atoms with Gasteiger partial charge in [-0.05, 0) is 108 Å². The summed E-state index contributed by atoms with van der Waals surface area (Å²) < 4.78 is 0. The zero-order valence-corrected chi connectivity index (χ0v) is 27.5. The smallest absolute Gasteiger partial charge is 0.123 e. The Labute approximate surface area is 245 Å². The molecule has 5 rings (SSSR count). The number of phenolic OH excluding ortho intramolecular Hbond substituents is 2. The molecule has 2 aromatic rings. The lowest BCUT2D eigenvalue weighted by Crippen LogP contribution is -2.38. The third-order valence-electron chi connectivity index (χ3n) is 12.4. The second kappa shape index (κ2) is 9.27. The van der Waals surface area contributed by atoms with Gasteiger partial charge in [0.1, 0.15) is 11.5 Å². The molecule has 0 radical (unpaired) electrons. The van der Waals surface area contributed by atoms with Gasteiger partial charge < -0.3 is 10.2 Å². The van der Waals surface area contributed by atoms with E-state index in [0.717, 1.165) is 22.6 Å². The summed E-state index contributed by atoms with van der Waals surface area (Å²) in [6.07, 6.45) is 5.00. The summed E-state index contributed by atoms with van der Waals surface area (Å²) in [5.41, 5.74) is 6.83. The first-order valence-electron chi connectivity index (χ1n) is 16.0. The largest absolute Gasteiger partial charge is 0.507 e. The van der Waals surface area contributed by atoms with E-state index >= 15 is 0 Å². The van der Waals surface area contributed by atoms with Crippen molar-refractivity contribution in [2.45, 2.75) is 131 Å². The number of rotatable bonds is 4. The number of fused-ring (bicyclic) bond motifs is 5. The van der Waals surface area contributed by atoms with Crippen molar-refractivity contribution in [2.75, 3.05) is 0 Å². The minimum absolute atomic E-state index is 0.0488. The van der Waals surface area contributed by atoms with Gasteiger partial charge in [-0.1, -0.05) is 105 Å². The van der Waals surface area contributed by atoms with Crippen molar-refractivity contribution in [3.8, 4) is 11.5 Å². The molecule has 3 saturated carbocycles. The third kappa shape index (κ3) is 4.42. The lowest BCUT2D eigenvalue weighted by Gasteiger charge is -2.44. The van der Waals surface area contributed by atoms with Crippen molar-refractivity contribution in [3.05, 3.63) is 57.6 Å². The van der Waals surface area contributed by atoms with Crippen LogP contribution in [-0.4, -0.2) is 10.2 Å². The Kier molecular flexibility index (Phi) is 6.84. The Bertz CT molecular complexity index is 1300. The molecule has 6 unspecified atom stereocenters. The maximum Gasteiger partial charge on any atom is 0.123 e. The van der Waals surface area contributed by atoms with Gasteiger partial charge in [0.25, 0.3) is 0 Å². The highest BCUT2D eigenvalue weighted by Crippen LogP contribution is 2.68. The van der Waals surface area contributed by atoms with E-state index in [2.05, 4.69) is 107 Å². The van der Waals surface area contributed by atoms with Gasteiger partial charge in [-0.3, -0.25) is 0 Å². The van der Waals surface area contributed by atoms with Crippen LogP contribution in [0.25, 0.3) is 0 Å². The Morgan fingerprint density at radius 1 is 0.650 bits per heavy atom. The molecule has 2 bridgehead atoms. The maximum absolute atomic E-state index is 11.8. The van der Waals surface area contributed by atoms with E-state index in [-0.39, 0.29) is 21.7 Å². The zero-order chi connectivity index (χ0) is 29.7. The van der Waals surface area contributed by atoms with Crippen molar-refractivity contribution in [3.63, 3.8) is 0 Å². The summed E-state index contributed by atoms with van der Waals surface area (Å²) in [6, 6.07) is 8.97. The van der Waals surface area contributed by atoms with E-state index in [1.807, 2.05) is 0 Å². The second-order valence-electron chi connectivity index (χ2n) is 17.2. The zero-order valence-electron chi connectivity index (χ0n) is 27.5. The summed E-state index contributed by atoms with van der Waals surface area (Å²) in [6.45, 7) is 27.2. The molecular formula is C38H56O2. The average Bonchev–Trinajstić information content (AvgIpc) is 3.53. The van der Waals surface area contributed by atoms with Crippen LogP contribution in [0.15, 0.2) is 24.3 Å². The Balaban J connectivity index is 1.47. The van der Waals surface area contributed by atoms with E-state index in [1.54, 1.807) is 0 Å². The van der Waals surface area contributed by atoms with Crippen molar-refractivity contribution in [1.82, 2.24) is 0 Å². The Hall–Kier alpha value is -1.96. The van der Waals surface area contributed by atoms with Crippen LogP contribution in [0.3, 0.4) is 0 Å². The summed E-state index contributed by atoms with van der Waals surface area (Å²) in [7, 11) is 0. The number of hydrogen-bond donors (Lipinski definition) is 2. The van der Waals surface area contributed by atoms with Gasteiger partial charge in [-0.2, -0.15) is 0 Å². The van der Waals surface area contributed by atoms with Crippen LogP contribution in [0.1, 0.15) is 134 Å². The number of hydrogen-bond acceptors (Lipinski definition) is 2. The molecule has 2 aromatic carbocycles. The van der Waals surface area contributed by atoms with Crippen LogP contribution >= 0.6 is 0 Å². The van der Waals surface area contributed by atoms with Gasteiger partial charge in [0, 0.05) is 11.1 Å². The van der Waals surface area contributed by atoms with Crippen LogP contribution in [0.4, 0.5) is 0 Å². The van der Waals surface area contributed by atoms with Crippen molar-refractivity contribution >= 4 is 0 Å². The number of phenols is 2. The topological polar surface area (TPSA) is 40.5 Å². The summed E-state index contributed by atoms with van der Waals surface area (Å²) >= 11 is 0. The van der Waals surface area contributed by atoms with Gasteiger partial charge >= 0.3 is 0 Å². The van der Waals surface area contributed by atoms with Gasteiger partial charge in [0.15, 0.2) is 0 Å². The molecule has 2 heteroatoms. The second-order valence-corrected chi connectivity index (χ2v) is 17.2. The molecule has 2 N–H and O–H groups in total. The molecule has 0 spiro atoms. The van der Waals surface area contributed by atoms with Crippen LogP contribution in [0, 0.1) is 48.9 Å². The number of aromatic hydroxyl groups is 2. The quantitative estimate of drug-likeness (QED) is 0.402. The van der Waals surface area contributed by atoms with Crippen molar-refractivity contribution in [2.24, 2.45) is 35.0 Å². The third-order valence-corrected chi connectivity index (χ3v) is 12.4. The fraction of sp³-hybridized carbons (Fsp3) is 0.684. The molecule has 220 valence electrons. The van der Waals surface area contributed by atoms with Crippen LogP contribution in [0.2, 0.25) is 0 Å². The predicted octanol–water partition coefficient (Wildman–Crippen LogP) is 10.1. The molecule has 6 atom stereocenters. The average molecular weight is 545 g/mol. The first-order valence-corrected chi connectivity index (χ1v) is 16.0. The minimum Gasteiger partial charge on any atom is -0.507 e. The molecule has 0 amide bonds. The maximum atomic E-state index is 11.8. The van der Waals surface area contributed by atoms with Crippen molar-refractivity contribution < 1.29 is 10.2 Å². The van der Waals surface area contributed by atoms with E-state index < -0.39 is 0 Å². The number of benzene rings is 2. The molecule has 0 heterocycles. The monoisotopic (exact) mass is 544 g/mol. The van der Waals surface area contributed by atoms with Crippen LogP contribution in [-0.2, 0) is 16.2 Å². The molecule has 3 aliphatic rings. The Morgan fingerprint density at radius 3 is 1.82 bits per heavy atom. The predicted molar refractivity (Wildman–Crippen MR) is 169 cm³/mol. The van der Waals surface area contributed by atoms with Gasteiger partial charge in [0.2, 0.25) is 0 Å². The van der Waals surface area contributed by atoms with E-state index in [9.17, 15) is 10.2 Å². The number of aryl methyl sites for hydroxylation is 2. The summed E-state index contributed by atoms with van der Waals surface area (Å²) in [4.78, 5) is 0. The highest BCUT2D eigenvalue weighted by molar-refractivity contribution is 5.52. The molecular weight excluding hydrogens is 488 g/mol. The standard InChI is InChI=1S/C38H56O2/c1-21-15-27(33(39)31(18-21)38(11,12)36(6,7)8)25-14-13-24-26-19-23(32(24)25)20-28(26)37(9,10)30-17-22(2)16-29(34(30)40)35(3,4)5/h15-18,23-26,28,32,39-40H,13-14,19-20H2,1-12H3. The first-order chi connectivity index (χ1) is 18.3. The SMILES string of the molecule is Cc1cc(C(C)(C)C)c(O)c(C(C)(C)C2CC3CC2C2CCC(c4cc(C)cc(C(C)(C)C(C)(C)C)c4O)C32)c1. The fourth-order valence-electron chi connectivity index (χ4n) is 9.34. The fourth-order valence-corrected chi connectivity index (χ4v) is 9.34. The van der Waals surface area contributed by atoms with Crippen LogP contribution < -0.4 is 0 Å². The molecule has 0 aromatic heterocycles. The lowest BCUT2D eigenvalue weighted by atomic mass is 9.61. The Morgan fingerprint density at radius 2 is 1.23 bits per heavy atom. The van der Waals surface area contributed by atoms with Gasteiger partial charge in [-0.25, -0.2) is 0 Å². The van der Waals surface area contributed by atoms with E-state index in [1.165, 1.54) is 42.4 Å². The minimum atomic E-state index is -0.124. The highest BCUT2D eigenvalue weighted by atomic mass is 16.3. The molecule has 0 saturated heterocycles. The van der Waals surface area contributed by atoms with Gasteiger partial charge in [-0.15, -0.1) is 0 Å². The van der Waals surface area contributed by atoms with E-state index in [4.69, 9.17) is 0 Å². The normalized spacial score (nSPS) is 28.8. The van der Waals surface area contributed by atoms with Crippen molar-refractivity contribution in [1.29, 1.82) is 0 Å². The molecule has 40 heavy (non-hydrogen) atoms. The summed E-state index contributed by atoms with van der Waals surface area (Å²) in [5.74, 6) is 4.93. The molecule has 2 nitrogen and oxygen atoms in total. The molecule has 3 aliphatic carbocycles. The van der Waals surface area contributed by atoms with Gasteiger partial charge in [0.05, 0.1) is 0 Å². The van der Waals surface area contributed by atoms with Crippen LogP contribution in [0.5, 0.6) is 11.5 Å². The summed E-state index contributed by atoms with van der Waals surface area (Å²) in [5, 5.41) is 23.4. The highest BCUT2D eigenvalue weighted by Gasteiger charge is 2.60.